The molecule has 0 atom stereocenters. The molecule has 0 radical (unpaired) electrons. The predicted octanol–water partition coefficient (Wildman–Crippen LogP) is 2.42. The van der Waals surface area contributed by atoms with Crippen molar-refractivity contribution in [2.45, 2.75) is 6.54 Å². The van der Waals surface area contributed by atoms with Gasteiger partial charge in [0.1, 0.15) is 5.69 Å². The van der Waals surface area contributed by atoms with E-state index in [4.69, 9.17) is 16.1 Å². The summed E-state index contributed by atoms with van der Waals surface area (Å²) in [6.45, 7) is 0.285. The molecular weight excluding hydrogens is 254 g/mol. The molecule has 0 spiro atoms. The van der Waals surface area contributed by atoms with Gasteiger partial charge in [0, 0.05) is 23.7 Å². The van der Waals surface area contributed by atoms with Crippen LogP contribution in [0, 0.1) is 0 Å². The maximum absolute atomic E-state index is 11.0. The fraction of sp³-hybridized carbons (Fsp3) is 0.167. The van der Waals surface area contributed by atoms with Gasteiger partial charge < -0.3 is 15.2 Å². The zero-order valence-corrected chi connectivity index (χ0v) is 10.5. The van der Waals surface area contributed by atoms with Crippen LogP contribution in [-0.4, -0.2) is 18.2 Å². The van der Waals surface area contributed by atoms with Crippen LogP contribution in [-0.2, 0) is 6.54 Å². The molecule has 0 fully saturated rings. The lowest BCUT2D eigenvalue weighted by Gasteiger charge is -1.99. The molecule has 2 aromatic rings. The van der Waals surface area contributed by atoms with Gasteiger partial charge in [0.25, 0.3) is 0 Å². The third kappa shape index (κ3) is 3.01. The van der Waals surface area contributed by atoms with Gasteiger partial charge in [-0.3, -0.25) is 0 Å². The monoisotopic (exact) mass is 265 g/mol. The van der Waals surface area contributed by atoms with Crippen molar-refractivity contribution in [2.75, 3.05) is 7.05 Å². The van der Waals surface area contributed by atoms with E-state index in [1.807, 2.05) is 12.1 Å². The molecule has 5 nitrogen and oxygen atoms in total. The standard InChI is InChI=1S/C12H12ClN3O2/c1-14-12(17)15-7-10-6-11(16-18-10)8-3-2-4-9(13)5-8/h2-6H,7H2,1H3,(H2,14,15,17). The lowest BCUT2D eigenvalue weighted by Crippen LogP contribution is -2.31. The summed E-state index contributed by atoms with van der Waals surface area (Å²) >= 11 is 5.90. The molecule has 1 aromatic carbocycles. The molecular formula is C12H12ClN3O2. The van der Waals surface area contributed by atoms with Gasteiger partial charge >= 0.3 is 6.03 Å². The number of urea groups is 1. The van der Waals surface area contributed by atoms with Gasteiger partial charge in [0.05, 0.1) is 6.54 Å². The van der Waals surface area contributed by atoms with Gasteiger partial charge in [-0.1, -0.05) is 28.9 Å². The molecule has 1 aromatic heterocycles. The van der Waals surface area contributed by atoms with Crippen molar-refractivity contribution in [3.8, 4) is 11.3 Å². The Labute approximate surface area is 109 Å². The first kappa shape index (κ1) is 12.4. The van der Waals surface area contributed by atoms with Crippen molar-refractivity contribution < 1.29 is 9.32 Å². The zero-order chi connectivity index (χ0) is 13.0. The van der Waals surface area contributed by atoms with E-state index in [9.17, 15) is 4.79 Å². The van der Waals surface area contributed by atoms with E-state index in [0.717, 1.165) is 5.56 Å². The number of halogens is 1. The van der Waals surface area contributed by atoms with Crippen LogP contribution in [0.5, 0.6) is 0 Å². The van der Waals surface area contributed by atoms with Gasteiger partial charge in [-0.2, -0.15) is 0 Å². The minimum atomic E-state index is -0.268. The van der Waals surface area contributed by atoms with Crippen LogP contribution >= 0.6 is 11.6 Å². The minimum Gasteiger partial charge on any atom is -0.359 e. The van der Waals surface area contributed by atoms with E-state index in [1.54, 1.807) is 25.2 Å². The number of amides is 2. The van der Waals surface area contributed by atoms with Crippen LogP contribution in [0.1, 0.15) is 5.76 Å². The summed E-state index contributed by atoms with van der Waals surface area (Å²) in [4.78, 5) is 11.0. The Morgan fingerprint density at radius 2 is 2.28 bits per heavy atom. The maximum atomic E-state index is 11.0. The molecule has 94 valence electrons. The molecule has 0 bridgehead atoms. The summed E-state index contributed by atoms with van der Waals surface area (Å²) in [5, 5.41) is 9.63. The predicted molar refractivity (Wildman–Crippen MR) is 68.2 cm³/mol. The number of hydrogen-bond donors (Lipinski definition) is 2. The molecule has 0 unspecified atom stereocenters. The number of aromatic nitrogens is 1. The fourth-order valence-electron chi connectivity index (χ4n) is 1.44. The molecule has 2 amide bonds. The Morgan fingerprint density at radius 3 is 3.00 bits per heavy atom. The van der Waals surface area contributed by atoms with E-state index in [1.165, 1.54) is 0 Å². The van der Waals surface area contributed by atoms with Crippen LogP contribution in [0.25, 0.3) is 11.3 Å². The first-order chi connectivity index (χ1) is 8.69. The first-order valence-electron chi connectivity index (χ1n) is 5.36. The van der Waals surface area contributed by atoms with Crippen LogP contribution < -0.4 is 10.6 Å². The summed E-state index contributed by atoms with van der Waals surface area (Å²) in [6.07, 6.45) is 0. The van der Waals surface area contributed by atoms with Gasteiger partial charge in [-0.05, 0) is 12.1 Å². The minimum absolute atomic E-state index is 0.268. The van der Waals surface area contributed by atoms with Gasteiger partial charge in [0.2, 0.25) is 0 Å². The number of benzene rings is 1. The van der Waals surface area contributed by atoms with Gasteiger partial charge in [-0.25, -0.2) is 4.79 Å². The summed E-state index contributed by atoms with van der Waals surface area (Å²) < 4.78 is 5.12. The van der Waals surface area contributed by atoms with Crippen LogP contribution in [0.4, 0.5) is 4.79 Å². The van der Waals surface area contributed by atoms with Crippen LogP contribution in [0.15, 0.2) is 34.9 Å². The number of nitrogens with one attached hydrogen (secondary N) is 2. The summed E-state index contributed by atoms with van der Waals surface area (Å²) in [5.41, 5.74) is 1.56. The number of hydrogen-bond acceptors (Lipinski definition) is 3. The zero-order valence-electron chi connectivity index (χ0n) is 9.74. The highest BCUT2D eigenvalue weighted by molar-refractivity contribution is 6.30. The van der Waals surface area contributed by atoms with Crippen molar-refractivity contribution in [2.24, 2.45) is 0 Å². The van der Waals surface area contributed by atoms with E-state index < -0.39 is 0 Å². The summed E-state index contributed by atoms with van der Waals surface area (Å²) in [6, 6.07) is 8.82. The Kier molecular flexibility index (Phi) is 3.84. The maximum Gasteiger partial charge on any atom is 0.314 e. The highest BCUT2D eigenvalue weighted by atomic mass is 35.5. The van der Waals surface area contributed by atoms with Crippen LogP contribution in [0.3, 0.4) is 0 Å². The molecule has 0 aliphatic heterocycles. The van der Waals surface area contributed by atoms with Crippen molar-refractivity contribution in [1.29, 1.82) is 0 Å². The SMILES string of the molecule is CNC(=O)NCc1cc(-c2cccc(Cl)c2)no1. The molecule has 0 saturated carbocycles. The molecule has 0 aliphatic rings. The van der Waals surface area contributed by atoms with Crippen molar-refractivity contribution >= 4 is 17.6 Å². The molecule has 1 heterocycles. The Balaban J connectivity index is 2.08. The van der Waals surface area contributed by atoms with Gasteiger partial charge in [0.15, 0.2) is 5.76 Å². The average Bonchev–Trinajstić information content (AvgIpc) is 2.84. The Bertz CT molecular complexity index is 554. The molecule has 6 heteroatoms. The van der Waals surface area contributed by atoms with Crippen molar-refractivity contribution in [3.05, 3.63) is 41.1 Å². The van der Waals surface area contributed by atoms with Gasteiger partial charge in [-0.15, -0.1) is 0 Å². The summed E-state index contributed by atoms with van der Waals surface area (Å²) in [5.74, 6) is 0.577. The lowest BCUT2D eigenvalue weighted by atomic mass is 10.1. The normalized spacial score (nSPS) is 10.1. The fourth-order valence-corrected chi connectivity index (χ4v) is 1.63. The van der Waals surface area contributed by atoms with E-state index in [0.29, 0.717) is 16.5 Å². The molecule has 0 saturated heterocycles. The van der Waals surface area contributed by atoms with E-state index >= 15 is 0 Å². The highest BCUT2D eigenvalue weighted by Gasteiger charge is 2.07. The second kappa shape index (κ2) is 5.55. The first-order valence-corrected chi connectivity index (χ1v) is 5.74. The summed E-state index contributed by atoms with van der Waals surface area (Å²) in [7, 11) is 1.55. The number of rotatable bonds is 3. The van der Waals surface area contributed by atoms with Crippen LogP contribution in [0.2, 0.25) is 5.02 Å². The number of carbonyl (C=O) groups excluding carboxylic acids is 1. The van der Waals surface area contributed by atoms with E-state index in [-0.39, 0.29) is 12.6 Å². The van der Waals surface area contributed by atoms with Crippen molar-refractivity contribution in [1.82, 2.24) is 15.8 Å². The Morgan fingerprint density at radius 1 is 1.44 bits per heavy atom. The molecule has 18 heavy (non-hydrogen) atoms. The second-order valence-electron chi connectivity index (χ2n) is 3.62. The van der Waals surface area contributed by atoms with Crippen molar-refractivity contribution in [3.63, 3.8) is 0 Å². The average molecular weight is 266 g/mol. The third-order valence-corrected chi connectivity index (χ3v) is 2.56. The molecule has 0 aliphatic carbocycles. The number of carbonyl (C=O) groups is 1. The highest BCUT2D eigenvalue weighted by Crippen LogP contribution is 2.22. The smallest absolute Gasteiger partial charge is 0.314 e. The lowest BCUT2D eigenvalue weighted by molar-refractivity contribution is 0.241. The largest absolute Gasteiger partial charge is 0.359 e. The topological polar surface area (TPSA) is 67.2 Å². The third-order valence-electron chi connectivity index (χ3n) is 2.33. The molecule has 2 N–H and O–H groups in total. The molecule has 2 rings (SSSR count). The quantitative estimate of drug-likeness (QED) is 0.896. The Hall–Kier alpha value is -2.01. The number of nitrogens with zero attached hydrogens (tertiary/aromatic N) is 1. The van der Waals surface area contributed by atoms with E-state index in [2.05, 4.69) is 15.8 Å². The second-order valence-corrected chi connectivity index (χ2v) is 4.06.